The molecule has 0 unspecified atom stereocenters. The summed E-state index contributed by atoms with van der Waals surface area (Å²) >= 11 is 3.40. The zero-order valence-electron chi connectivity index (χ0n) is 10.9. The van der Waals surface area contributed by atoms with E-state index in [1.807, 2.05) is 19.9 Å². The minimum Gasteiger partial charge on any atom is -0.422 e. The van der Waals surface area contributed by atoms with Crippen LogP contribution in [0.25, 0.3) is 0 Å². The molecule has 0 spiro atoms. The third-order valence-corrected chi connectivity index (χ3v) is 3.30. The number of ether oxygens (including phenoxy) is 1. The highest BCUT2D eigenvalue weighted by atomic mass is 79.9. The predicted octanol–water partition coefficient (Wildman–Crippen LogP) is 3.13. The first-order valence-corrected chi connectivity index (χ1v) is 6.88. The van der Waals surface area contributed by atoms with Gasteiger partial charge in [-0.25, -0.2) is 0 Å². The van der Waals surface area contributed by atoms with Gasteiger partial charge in [0, 0.05) is 11.8 Å². The Bertz CT molecular complexity index is 589. The number of anilines is 1. The van der Waals surface area contributed by atoms with Crippen molar-refractivity contribution in [3.63, 3.8) is 0 Å². The van der Waals surface area contributed by atoms with Gasteiger partial charge in [-0.15, -0.1) is 5.10 Å². The summed E-state index contributed by atoms with van der Waals surface area (Å²) in [5.74, 6) is 0.577. The molecule has 19 heavy (non-hydrogen) atoms. The Morgan fingerprint density at radius 1 is 1.16 bits per heavy atom. The molecule has 0 saturated carbocycles. The van der Waals surface area contributed by atoms with Crippen molar-refractivity contribution >= 4 is 21.6 Å². The van der Waals surface area contributed by atoms with E-state index in [-0.39, 0.29) is 6.01 Å². The second kappa shape index (κ2) is 5.97. The van der Waals surface area contributed by atoms with E-state index in [0.29, 0.717) is 11.4 Å². The van der Waals surface area contributed by atoms with E-state index < -0.39 is 0 Å². The lowest BCUT2D eigenvalue weighted by atomic mass is 10.2. The van der Waals surface area contributed by atoms with Crippen LogP contribution in [-0.2, 0) is 12.8 Å². The molecule has 0 fully saturated rings. The molecule has 0 aliphatic rings. The Balaban J connectivity index is 2.30. The number of halogens is 1. The third kappa shape index (κ3) is 3.20. The summed E-state index contributed by atoms with van der Waals surface area (Å²) in [5.41, 5.74) is 8.16. The monoisotopic (exact) mass is 322 g/mol. The van der Waals surface area contributed by atoms with E-state index in [9.17, 15) is 0 Å². The Kier molecular flexibility index (Phi) is 4.31. The fourth-order valence-electron chi connectivity index (χ4n) is 1.66. The van der Waals surface area contributed by atoms with Crippen LogP contribution in [0.5, 0.6) is 11.8 Å². The molecule has 6 heteroatoms. The second-order valence-corrected chi connectivity index (χ2v) is 4.84. The Labute approximate surface area is 120 Å². The highest BCUT2D eigenvalue weighted by Crippen LogP contribution is 2.30. The summed E-state index contributed by atoms with van der Waals surface area (Å²) in [7, 11) is 0. The number of benzene rings is 1. The first kappa shape index (κ1) is 13.7. The van der Waals surface area contributed by atoms with Gasteiger partial charge < -0.3 is 10.5 Å². The van der Waals surface area contributed by atoms with Crippen molar-refractivity contribution in [2.24, 2.45) is 0 Å². The molecule has 0 bridgehead atoms. The van der Waals surface area contributed by atoms with E-state index in [4.69, 9.17) is 10.5 Å². The fraction of sp³-hybridized carbons (Fsp3) is 0.308. The van der Waals surface area contributed by atoms with Crippen molar-refractivity contribution in [3.05, 3.63) is 34.1 Å². The summed E-state index contributed by atoms with van der Waals surface area (Å²) in [6, 6.07) is 5.56. The molecule has 2 aromatic rings. The van der Waals surface area contributed by atoms with Crippen LogP contribution in [0, 0.1) is 0 Å². The van der Waals surface area contributed by atoms with Gasteiger partial charge in [0.2, 0.25) is 0 Å². The molecule has 0 saturated heterocycles. The lowest BCUT2D eigenvalue weighted by Crippen LogP contribution is -2.04. The number of aryl methyl sites for hydroxylation is 2. The van der Waals surface area contributed by atoms with Gasteiger partial charge in [-0.1, -0.05) is 18.9 Å². The first-order chi connectivity index (χ1) is 9.13. The van der Waals surface area contributed by atoms with Crippen LogP contribution in [0.1, 0.15) is 25.2 Å². The lowest BCUT2D eigenvalue weighted by molar-refractivity contribution is 0.426. The maximum atomic E-state index is 5.73. The molecule has 5 nitrogen and oxygen atoms in total. The van der Waals surface area contributed by atoms with Gasteiger partial charge in [0.25, 0.3) is 0 Å². The molecular weight excluding hydrogens is 308 g/mol. The molecule has 0 aliphatic heterocycles. The SMILES string of the molecule is CCc1nnc(Oc2cc(N)ccc2Br)nc1CC. The molecule has 0 aliphatic carbocycles. The van der Waals surface area contributed by atoms with Crippen molar-refractivity contribution in [3.8, 4) is 11.8 Å². The number of hydrogen-bond donors (Lipinski definition) is 1. The number of aromatic nitrogens is 3. The van der Waals surface area contributed by atoms with E-state index in [1.165, 1.54) is 0 Å². The molecule has 1 aromatic carbocycles. The minimum atomic E-state index is 0.236. The molecule has 2 N–H and O–H groups in total. The summed E-state index contributed by atoms with van der Waals surface area (Å²) in [6.07, 6.45) is 1.61. The highest BCUT2D eigenvalue weighted by Gasteiger charge is 2.10. The summed E-state index contributed by atoms with van der Waals surface area (Å²) in [6.45, 7) is 4.06. The third-order valence-electron chi connectivity index (χ3n) is 2.65. The zero-order chi connectivity index (χ0) is 13.8. The average Bonchev–Trinajstić information content (AvgIpc) is 2.42. The van der Waals surface area contributed by atoms with E-state index in [1.54, 1.807) is 12.1 Å². The van der Waals surface area contributed by atoms with E-state index in [2.05, 4.69) is 31.1 Å². The number of nitrogen functional groups attached to an aromatic ring is 1. The topological polar surface area (TPSA) is 73.9 Å². The smallest absolute Gasteiger partial charge is 0.341 e. The average molecular weight is 323 g/mol. The van der Waals surface area contributed by atoms with Crippen molar-refractivity contribution in [1.29, 1.82) is 0 Å². The Morgan fingerprint density at radius 2 is 1.89 bits per heavy atom. The largest absolute Gasteiger partial charge is 0.422 e. The van der Waals surface area contributed by atoms with Gasteiger partial charge >= 0.3 is 6.01 Å². The maximum Gasteiger partial charge on any atom is 0.341 e. The normalized spacial score (nSPS) is 10.5. The molecule has 0 atom stereocenters. The van der Waals surface area contributed by atoms with Crippen LogP contribution < -0.4 is 10.5 Å². The summed E-state index contributed by atoms with van der Waals surface area (Å²) < 4.78 is 6.41. The number of rotatable bonds is 4. The van der Waals surface area contributed by atoms with Crippen molar-refractivity contribution < 1.29 is 4.74 Å². The van der Waals surface area contributed by atoms with Gasteiger partial charge in [0.05, 0.1) is 15.9 Å². The standard InChI is InChI=1S/C13H15BrN4O/c1-3-10-11(4-2)17-18-13(16-10)19-12-7-8(15)5-6-9(12)14/h5-7H,3-4,15H2,1-2H3. The molecular formula is C13H15BrN4O. The fourth-order valence-corrected chi connectivity index (χ4v) is 1.99. The van der Waals surface area contributed by atoms with Gasteiger partial charge in [0.15, 0.2) is 0 Å². The minimum absolute atomic E-state index is 0.236. The van der Waals surface area contributed by atoms with Crippen LogP contribution in [-0.4, -0.2) is 15.2 Å². The van der Waals surface area contributed by atoms with Crippen LogP contribution in [0.3, 0.4) is 0 Å². The van der Waals surface area contributed by atoms with Gasteiger partial charge in [0.1, 0.15) is 5.75 Å². The number of nitrogens with zero attached hydrogens (tertiary/aromatic N) is 3. The van der Waals surface area contributed by atoms with Crippen LogP contribution in [0.2, 0.25) is 0 Å². The highest BCUT2D eigenvalue weighted by molar-refractivity contribution is 9.10. The van der Waals surface area contributed by atoms with Crippen molar-refractivity contribution in [2.45, 2.75) is 26.7 Å². The lowest BCUT2D eigenvalue weighted by Gasteiger charge is -2.08. The molecule has 100 valence electrons. The molecule has 0 amide bonds. The quantitative estimate of drug-likeness (QED) is 0.875. The van der Waals surface area contributed by atoms with Crippen molar-refractivity contribution in [1.82, 2.24) is 15.2 Å². The molecule has 1 aromatic heterocycles. The van der Waals surface area contributed by atoms with Crippen LogP contribution in [0.15, 0.2) is 22.7 Å². The zero-order valence-corrected chi connectivity index (χ0v) is 12.4. The Hall–Kier alpha value is -1.69. The van der Waals surface area contributed by atoms with Crippen molar-refractivity contribution in [2.75, 3.05) is 5.73 Å². The van der Waals surface area contributed by atoms with Crippen LogP contribution >= 0.6 is 15.9 Å². The van der Waals surface area contributed by atoms with Crippen LogP contribution in [0.4, 0.5) is 5.69 Å². The molecule has 0 radical (unpaired) electrons. The summed E-state index contributed by atoms with van der Waals surface area (Å²) in [5, 5.41) is 8.11. The molecule has 1 heterocycles. The van der Waals surface area contributed by atoms with Gasteiger partial charge in [-0.3, -0.25) is 0 Å². The summed E-state index contributed by atoms with van der Waals surface area (Å²) in [4.78, 5) is 4.37. The Morgan fingerprint density at radius 3 is 2.58 bits per heavy atom. The molecule has 2 rings (SSSR count). The van der Waals surface area contributed by atoms with E-state index >= 15 is 0 Å². The number of nitrogens with two attached hydrogens (primary N) is 1. The predicted molar refractivity (Wildman–Crippen MR) is 77.2 cm³/mol. The van der Waals surface area contributed by atoms with Gasteiger partial charge in [-0.05, 0) is 40.9 Å². The second-order valence-electron chi connectivity index (χ2n) is 3.99. The number of hydrogen-bond acceptors (Lipinski definition) is 5. The first-order valence-electron chi connectivity index (χ1n) is 6.09. The van der Waals surface area contributed by atoms with Gasteiger partial charge in [-0.2, -0.15) is 4.98 Å². The van der Waals surface area contributed by atoms with E-state index in [0.717, 1.165) is 28.7 Å². The maximum absolute atomic E-state index is 5.73.